The number of aromatic nitrogens is 2. The number of ketones is 2. The summed E-state index contributed by atoms with van der Waals surface area (Å²) in [4.78, 5) is 82.3. The van der Waals surface area contributed by atoms with Gasteiger partial charge in [-0.05, 0) is 66.5 Å². The van der Waals surface area contributed by atoms with Gasteiger partial charge in [-0.3, -0.25) is 24.0 Å². The molecule has 0 radical (unpaired) electrons. The number of rotatable bonds is 13. The third kappa shape index (κ3) is 6.66. The Kier molecular flexibility index (Phi) is 9.79. The first-order valence-corrected chi connectivity index (χ1v) is 18.0. The molecule has 2 aromatic carbocycles. The number of aryl methyl sites for hydroxylation is 2. The van der Waals surface area contributed by atoms with Crippen LogP contribution in [0, 0.1) is 5.92 Å². The molecule has 2 atom stereocenters. The first kappa shape index (κ1) is 35.9. The molecule has 0 fully saturated rings. The fourth-order valence-corrected chi connectivity index (χ4v) is 7.93. The highest BCUT2D eigenvalue weighted by Gasteiger charge is 2.45. The second kappa shape index (κ2) is 14.5. The predicted octanol–water partition coefficient (Wildman–Crippen LogP) is 1.69. The number of cyclic esters (lactones) is 1. The van der Waals surface area contributed by atoms with Crippen LogP contribution in [0.25, 0.3) is 22.3 Å². The fraction of sp³-hybridized carbons (Fsp3) is 0.375. The summed E-state index contributed by atoms with van der Waals surface area (Å²) in [5.74, 6) is -2.91. The van der Waals surface area contributed by atoms with Crippen molar-refractivity contribution in [3.8, 4) is 11.4 Å². The van der Waals surface area contributed by atoms with Gasteiger partial charge in [-0.25, -0.2) is 9.78 Å². The van der Waals surface area contributed by atoms with Gasteiger partial charge in [-0.1, -0.05) is 43.3 Å². The van der Waals surface area contributed by atoms with Gasteiger partial charge >= 0.3 is 5.97 Å². The van der Waals surface area contributed by atoms with Crippen LogP contribution in [0.2, 0.25) is 0 Å². The Labute approximate surface area is 304 Å². The summed E-state index contributed by atoms with van der Waals surface area (Å²) in [5.41, 5.74) is 10.3. The summed E-state index contributed by atoms with van der Waals surface area (Å²) >= 11 is 0. The minimum Gasteiger partial charge on any atom is -0.458 e. The summed E-state index contributed by atoms with van der Waals surface area (Å²) in [6.45, 7) is 1.08. The van der Waals surface area contributed by atoms with Gasteiger partial charge in [-0.2, -0.15) is 0 Å². The number of fused-ring (bicyclic) bond motifs is 5. The van der Waals surface area contributed by atoms with E-state index in [1.807, 2.05) is 42.5 Å². The molecule has 3 aliphatic rings. The molecule has 7 rings (SSSR count). The molecule has 2 amide bonds. The maximum Gasteiger partial charge on any atom is 0.343 e. The van der Waals surface area contributed by atoms with E-state index in [2.05, 4.69) is 10.6 Å². The molecule has 1 aliphatic carbocycles. The number of esters is 1. The number of hydrogen-bond donors (Lipinski definition) is 4. The van der Waals surface area contributed by atoms with E-state index >= 15 is 0 Å². The zero-order valence-electron chi connectivity index (χ0n) is 29.5. The molecule has 4 heterocycles. The molecule has 4 aromatic rings. The number of Topliss-reactive ketones (excluding diaryl/α,β-unsaturated/α-hetero) is 2. The second-order valence-electron chi connectivity index (χ2n) is 14.0. The molecular formula is C40H41N5O8. The van der Waals surface area contributed by atoms with Crippen LogP contribution in [0.4, 0.5) is 0 Å². The number of carbonyl (C=O) groups is 5. The first-order valence-electron chi connectivity index (χ1n) is 18.0. The van der Waals surface area contributed by atoms with Crippen LogP contribution >= 0.6 is 0 Å². The summed E-state index contributed by atoms with van der Waals surface area (Å²) in [6, 6.07) is 14.8. The third-order valence-electron chi connectivity index (χ3n) is 10.7. The van der Waals surface area contributed by atoms with Crippen LogP contribution in [0.1, 0.15) is 65.1 Å². The molecule has 274 valence electrons. The van der Waals surface area contributed by atoms with Crippen molar-refractivity contribution in [3.05, 3.63) is 97.8 Å². The zero-order chi connectivity index (χ0) is 37.4. The lowest BCUT2D eigenvalue weighted by Gasteiger charge is -2.31. The number of amides is 2. The van der Waals surface area contributed by atoms with Crippen molar-refractivity contribution in [2.75, 3.05) is 19.6 Å². The van der Waals surface area contributed by atoms with E-state index in [0.29, 0.717) is 17.9 Å². The van der Waals surface area contributed by atoms with E-state index in [1.165, 1.54) is 0 Å². The Bertz CT molecular complexity index is 2250. The van der Waals surface area contributed by atoms with Gasteiger partial charge in [0.25, 0.3) is 5.56 Å². The Morgan fingerprint density at radius 1 is 0.981 bits per heavy atom. The Hall–Kier alpha value is -5.53. The van der Waals surface area contributed by atoms with Crippen LogP contribution < -0.4 is 21.9 Å². The number of hydrogen-bond acceptors (Lipinski definition) is 10. The minimum atomic E-state index is -1.91. The van der Waals surface area contributed by atoms with E-state index < -0.39 is 29.3 Å². The van der Waals surface area contributed by atoms with E-state index in [-0.39, 0.29) is 80.2 Å². The SMILES string of the molecule is CC[C@@]1(O)C(=O)OCc2c1cc1n(c2=O)Cc2c-1nc1ccc(CC(=O)CNC(=O)[C@@H](CC(=O)CNC(=O)CN)Cc3ccccc3)c3c1c2CCC3. The van der Waals surface area contributed by atoms with Gasteiger partial charge in [0.05, 0.1) is 48.6 Å². The molecule has 0 saturated heterocycles. The van der Waals surface area contributed by atoms with Crippen LogP contribution in [-0.2, 0) is 73.1 Å². The van der Waals surface area contributed by atoms with Crippen molar-refractivity contribution in [3.63, 3.8) is 0 Å². The number of nitrogens with zero attached hydrogens (tertiary/aromatic N) is 2. The Morgan fingerprint density at radius 3 is 2.49 bits per heavy atom. The lowest BCUT2D eigenvalue weighted by atomic mass is 9.83. The number of nitrogens with one attached hydrogen (secondary N) is 2. The quantitative estimate of drug-likeness (QED) is 0.130. The van der Waals surface area contributed by atoms with Gasteiger partial charge in [0.1, 0.15) is 6.61 Å². The van der Waals surface area contributed by atoms with E-state index in [0.717, 1.165) is 58.0 Å². The van der Waals surface area contributed by atoms with Gasteiger partial charge < -0.3 is 30.8 Å². The van der Waals surface area contributed by atoms with Crippen molar-refractivity contribution in [2.24, 2.45) is 11.7 Å². The predicted molar refractivity (Wildman–Crippen MR) is 194 cm³/mol. The molecule has 5 N–H and O–H groups in total. The molecular weight excluding hydrogens is 678 g/mol. The van der Waals surface area contributed by atoms with E-state index in [4.69, 9.17) is 15.5 Å². The lowest BCUT2D eigenvalue weighted by Crippen LogP contribution is -2.44. The Balaban J connectivity index is 1.11. The zero-order valence-corrected chi connectivity index (χ0v) is 29.5. The molecule has 0 spiro atoms. The number of benzene rings is 2. The minimum absolute atomic E-state index is 0.0595. The molecule has 0 unspecified atom stereocenters. The van der Waals surface area contributed by atoms with Gasteiger partial charge in [0, 0.05) is 35.3 Å². The van der Waals surface area contributed by atoms with Gasteiger partial charge in [0.2, 0.25) is 11.8 Å². The summed E-state index contributed by atoms with van der Waals surface area (Å²) in [5, 5.41) is 17.4. The Morgan fingerprint density at radius 2 is 1.74 bits per heavy atom. The highest BCUT2D eigenvalue weighted by Crippen LogP contribution is 2.43. The van der Waals surface area contributed by atoms with Crippen LogP contribution in [-0.4, -0.2) is 63.6 Å². The summed E-state index contributed by atoms with van der Waals surface area (Å²) < 4.78 is 6.85. The van der Waals surface area contributed by atoms with Crippen LogP contribution in [0.3, 0.4) is 0 Å². The number of aliphatic hydroxyl groups is 1. The average Bonchev–Trinajstić information content (AvgIpc) is 3.54. The average molecular weight is 720 g/mol. The van der Waals surface area contributed by atoms with Crippen LogP contribution in [0.15, 0.2) is 53.3 Å². The van der Waals surface area contributed by atoms with Gasteiger partial charge in [0.15, 0.2) is 17.2 Å². The number of pyridine rings is 2. The van der Waals surface area contributed by atoms with Crippen molar-refractivity contribution in [1.82, 2.24) is 20.2 Å². The summed E-state index contributed by atoms with van der Waals surface area (Å²) in [6.07, 6.45) is 2.67. The maximum atomic E-state index is 13.7. The highest BCUT2D eigenvalue weighted by atomic mass is 16.6. The maximum absolute atomic E-state index is 13.7. The van der Waals surface area contributed by atoms with Crippen molar-refractivity contribution >= 4 is 40.3 Å². The normalized spacial score (nSPS) is 17.3. The van der Waals surface area contributed by atoms with Crippen molar-refractivity contribution in [1.29, 1.82) is 0 Å². The number of ether oxygens (including phenoxy) is 1. The second-order valence-corrected chi connectivity index (χ2v) is 14.0. The fourth-order valence-electron chi connectivity index (χ4n) is 7.93. The van der Waals surface area contributed by atoms with Gasteiger partial charge in [-0.15, -0.1) is 0 Å². The molecule has 13 nitrogen and oxygen atoms in total. The first-order chi connectivity index (χ1) is 25.5. The molecule has 2 aliphatic heterocycles. The number of nitrogens with two attached hydrogens (primary N) is 1. The van der Waals surface area contributed by atoms with E-state index in [1.54, 1.807) is 17.6 Å². The van der Waals surface area contributed by atoms with Crippen molar-refractivity contribution < 1.29 is 33.8 Å². The monoisotopic (exact) mass is 719 g/mol. The van der Waals surface area contributed by atoms with Crippen LogP contribution in [0.5, 0.6) is 0 Å². The number of carbonyl (C=O) groups excluding carboxylic acids is 5. The molecule has 0 saturated carbocycles. The smallest absolute Gasteiger partial charge is 0.343 e. The lowest BCUT2D eigenvalue weighted by molar-refractivity contribution is -0.172. The third-order valence-corrected chi connectivity index (χ3v) is 10.7. The molecule has 53 heavy (non-hydrogen) atoms. The van der Waals surface area contributed by atoms with Crippen molar-refractivity contribution in [2.45, 2.75) is 70.6 Å². The largest absolute Gasteiger partial charge is 0.458 e. The topological polar surface area (TPSA) is 200 Å². The highest BCUT2D eigenvalue weighted by molar-refractivity contribution is 5.95. The summed E-state index contributed by atoms with van der Waals surface area (Å²) in [7, 11) is 0. The molecule has 0 bridgehead atoms. The van der Waals surface area contributed by atoms with E-state index in [9.17, 15) is 33.9 Å². The molecule has 13 heteroatoms. The molecule has 2 aromatic heterocycles. The standard InChI is InChI=1S/C40H41N5O8/c1-2-40(52)31-16-33-36-29(20-45(33)38(50)30(31)21-53-39(40)51)28-10-6-9-27-23(11-12-32(44-36)35(27)28)14-25(46)19-43-37(49)24(13-22-7-4-3-5-8-22)15-26(47)18-42-34(48)17-41/h3-5,7-8,11-12,16,24,52H,2,6,9-10,13-15,17-21,41H2,1H3,(H,42,48)(H,43,49)/t24-,40+/m1/s1.